The second-order valence-electron chi connectivity index (χ2n) is 5.20. The molecule has 100 valence electrons. The fourth-order valence-electron chi connectivity index (χ4n) is 1.40. The van der Waals surface area contributed by atoms with Gasteiger partial charge in [-0.2, -0.15) is 0 Å². The summed E-state index contributed by atoms with van der Waals surface area (Å²) < 4.78 is 6.00. The smallest absolute Gasteiger partial charge is 0.312 e. The third kappa shape index (κ3) is 4.38. The molecule has 1 heterocycles. The molecule has 0 bridgehead atoms. The standard InChI is InChI=1S/C13H18BrNO3/c1-8(12(17)18-13(2,3)4)11(16)9-5-10(14)7-15-6-9/h5-8,11,16H,1-4H3. The number of hydrogen-bond acceptors (Lipinski definition) is 4. The molecular weight excluding hydrogens is 298 g/mol. The molecule has 1 aromatic heterocycles. The molecule has 1 N–H and O–H groups in total. The second-order valence-corrected chi connectivity index (χ2v) is 6.12. The minimum atomic E-state index is -0.926. The van der Waals surface area contributed by atoms with Crippen LogP contribution in [0.1, 0.15) is 39.4 Å². The van der Waals surface area contributed by atoms with Crippen LogP contribution in [0.4, 0.5) is 0 Å². The SMILES string of the molecule is CC(C(=O)OC(C)(C)C)C(O)c1cncc(Br)c1. The topological polar surface area (TPSA) is 59.4 Å². The van der Waals surface area contributed by atoms with Crippen molar-refractivity contribution >= 4 is 21.9 Å². The summed E-state index contributed by atoms with van der Waals surface area (Å²) in [6.45, 7) is 7.03. The van der Waals surface area contributed by atoms with Crippen LogP contribution in [0.5, 0.6) is 0 Å². The number of nitrogens with zero attached hydrogens (tertiary/aromatic N) is 1. The molecule has 0 saturated heterocycles. The van der Waals surface area contributed by atoms with Crippen molar-refractivity contribution in [2.75, 3.05) is 0 Å². The lowest BCUT2D eigenvalue weighted by Crippen LogP contribution is -2.30. The Bertz CT molecular complexity index is 428. The van der Waals surface area contributed by atoms with Crippen molar-refractivity contribution in [2.45, 2.75) is 39.4 Å². The number of halogens is 1. The van der Waals surface area contributed by atoms with Crippen LogP contribution in [0.25, 0.3) is 0 Å². The average molecular weight is 316 g/mol. The van der Waals surface area contributed by atoms with Crippen LogP contribution in [0.3, 0.4) is 0 Å². The van der Waals surface area contributed by atoms with Crippen LogP contribution in [0.2, 0.25) is 0 Å². The summed E-state index contributed by atoms with van der Waals surface area (Å²) in [5.74, 6) is -1.06. The van der Waals surface area contributed by atoms with Crippen molar-refractivity contribution < 1.29 is 14.6 Å². The molecule has 2 unspecified atom stereocenters. The predicted octanol–water partition coefficient (Wildman–Crippen LogP) is 2.86. The summed E-state index contributed by atoms with van der Waals surface area (Å²) in [4.78, 5) is 15.8. The highest BCUT2D eigenvalue weighted by atomic mass is 79.9. The molecule has 0 aliphatic rings. The maximum atomic E-state index is 11.8. The van der Waals surface area contributed by atoms with Gasteiger partial charge in [-0.05, 0) is 49.7 Å². The molecule has 0 radical (unpaired) electrons. The second kappa shape index (κ2) is 5.80. The fraction of sp³-hybridized carbons (Fsp3) is 0.538. The summed E-state index contributed by atoms with van der Waals surface area (Å²) in [6, 6.07) is 1.73. The van der Waals surface area contributed by atoms with Crippen molar-refractivity contribution in [3.8, 4) is 0 Å². The van der Waals surface area contributed by atoms with Crippen molar-refractivity contribution in [1.82, 2.24) is 4.98 Å². The van der Waals surface area contributed by atoms with E-state index in [4.69, 9.17) is 4.74 Å². The van der Waals surface area contributed by atoms with Crippen LogP contribution in [-0.2, 0) is 9.53 Å². The summed E-state index contributed by atoms with van der Waals surface area (Å²) >= 11 is 3.28. The van der Waals surface area contributed by atoms with Crippen molar-refractivity contribution in [1.29, 1.82) is 0 Å². The first-order valence-corrected chi connectivity index (χ1v) is 6.51. The van der Waals surface area contributed by atoms with E-state index in [1.54, 1.807) is 40.0 Å². The molecular formula is C13H18BrNO3. The number of aliphatic hydroxyl groups excluding tert-OH is 1. The Morgan fingerprint density at radius 2 is 2.06 bits per heavy atom. The average Bonchev–Trinajstić information content (AvgIpc) is 2.24. The van der Waals surface area contributed by atoms with Crippen LogP contribution in [0, 0.1) is 5.92 Å². The van der Waals surface area contributed by atoms with Crippen LogP contribution >= 0.6 is 15.9 Å². The summed E-state index contributed by atoms with van der Waals surface area (Å²) in [5, 5.41) is 10.1. The van der Waals surface area contributed by atoms with Gasteiger partial charge in [-0.25, -0.2) is 0 Å². The normalized spacial score (nSPS) is 15.0. The molecule has 2 atom stereocenters. The maximum absolute atomic E-state index is 11.8. The first-order chi connectivity index (χ1) is 8.20. The number of ether oxygens (including phenoxy) is 1. The van der Waals surface area contributed by atoms with E-state index in [1.807, 2.05) is 0 Å². The Balaban J connectivity index is 2.78. The van der Waals surface area contributed by atoms with Gasteiger partial charge in [0.05, 0.1) is 12.0 Å². The Morgan fingerprint density at radius 3 is 2.56 bits per heavy atom. The van der Waals surface area contributed by atoms with E-state index in [0.717, 1.165) is 4.47 Å². The number of aromatic nitrogens is 1. The van der Waals surface area contributed by atoms with E-state index in [-0.39, 0.29) is 0 Å². The van der Waals surface area contributed by atoms with Crippen LogP contribution in [-0.4, -0.2) is 21.7 Å². The van der Waals surface area contributed by atoms with E-state index in [0.29, 0.717) is 5.56 Å². The van der Waals surface area contributed by atoms with Crippen molar-refractivity contribution in [2.24, 2.45) is 5.92 Å². The Morgan fingerprint density at radius 1 is 1.44 bits per heavy atom. The molecule has 5 heteroatoms. The van der Waals surface area contributed by atoms with E-state index in [9.17, 15) is 9.90 Å². The number of pyridine rings is 1. The molecule has 0 aliphatic heterocycles. The largest absolute Gasteiger partial charge is 0.460 e. The van der Waals surface area contributed by atoms with Crippen molar-refractivity contribution in [3.05, 3.63) is 28.5 Å². The fourth-order valence-corrected chi connectivity index (χ4v) is 1.78. The monoisotopic (exact) mass is 315 g/mol. The zero-order valence-electron chi connectivity index (χ0n) is 11.0. The van der Waals surface area contributed by atoms with E-state index in [1.165, 1.54) is 6.20 Å². The third-order valence-electron chi connectivity index (χ3n) is 2.32. The highest BCUT2D eigenvalue weighted by molar-refractivity contribution is 9.10. The lowest BCUT2D eigenvalue weighted by molar-refractivity contribution is -0.163. The van der Waals surface area contributed by atoms with Gasteiger partial charge in [-0.3, -0.25) is 9.78 Å². The van der Waals surface area contributed by atoms with E-state index < -0.39 is 23.6 Å². The lowest BCUT2D eigenvalue weighted by Gasteiger charge is -2.24. The number of esters is 1. The van der Waals surface area contributed by atoms with Crippen molar-refractivity contribution in [3.63, 3.8) is 0 Å². The molecule has 0 aliphatic carbocycles. The number of hydrogen-bond donors (Lipinski definition) is 1. The Hall–Kier alpha value is -0.940. The molecule has 0 saturated carbocycles. The first-order valence-electron chi connectivity index (χ1n) is 5.72. The predicted molar refractivity (Wildman–Crippen MR) is 71.9 cm³/mol. The molecule has 0 fully saturated rings. The zero-order chi connectivity index (χ0) is 13.9. The molecule has 4 nitrogen and oxygen atoms in total. The number of rotatable bonds is 3. The highest BCUT2D eigenvalue weighted by Crippen LogP contribution is 2.25. The Labute approximate surface area is 116 Å². The molecule has 0 amide bonds. The van der Waals surface area contributed by atoms with Gasteiger partial charge in [-0.1, -0.05) is 0 Å². The van der Waals surface area contributed by atoms with Gasteiger partial charge in [0.25, 0.3) is 0 Å². The number of aliphatic hydroxyl groups is 1. The van der Waals surface area contributed by atoms with Crippen LogP contribution in [0.15, 0.2) is 22.9 Å². The summed E-state index contributed by atoms with van der Waals surface area (Å²) in [7, 11) is 0. The molecule has 1 rings (SSSR count). The van der Waals surface area contributed by atoms with Gasteiger partial charge in [0.1, 0.15) is 5.60 Å². The molecule has 1 aromatic rings. The molecule has 0 spiro atoms. The highest BCUT2D eigenvalue weighted by Gasteiger charge is 2.28. The lowest BCUT2D eigenvalue weighted by atomic mass is 9.98. The molecule has 18 heavy (non-hydrogen) atoms. The maximum Gasteiger partial charge on any atom is 0.312 e. The number of carbonyl (C=O) groups is 1. The minimum Gasteiger partial charge on any atom is -0.460 e. The van der Waals surface area contributed by atoms with Gasteiger partial charge < -0.3 is 9.84 Å². The van der Waals surface area contributed by atoms with Gasteiger partial charge in [-0.15, -0.1) is 0 Å². The van der Waals surface area contributed by atoms with E-state index in [2.05, 4.69) is 20.9 Å². The first kappa shape index (κ1) is 15.1. The van der Waals surface area contributed by atoms with Gasteiger partial charge >= 0.3 is 5.97 Å². The zero-order valence-corrected chi connectivity index (χ0v) is 12.6. The Kier molecular flexibility index (Phi) is 4.87. The van der Waals surface area contributed by atoms with Gasteiger partial charge in [0, 0.05) is 22.4 Å². The minimum absolute atomic E-state index is 0.421. The van der Waals surface area contributed by atoms with Gasteiger partial charge in [0.15, 0.2) is 0 Å². The summed E-state index contributed by atoms with van der Waals surface area (Å²) in [5.41, 5.74) is 0.0309. The number of carbonyl (C=O) groups excluding carboxylic acids is 1. The quantitative estimate of drug-likeness (QED) is 0.871. The van der Waals surface area contributed by atoms with E-state index >= 15 is 0 Å². The summed E-state index contributed by atoms with van der Waals surface area (Å²) in [6.07, 6.45) is 2.23. The van der Waals surface area contributed by atoms with Crippen LogP contribution < -0.4 is 0 Å². The van der Waals surface area contributed by atoms with Gasteiger partial charge in [0.2, 0.25) is 0 Å². The molecule has 0 aromatic carbocycles. The third-order valence-corrected chi connectivity index (χ3v) is 2.75.